The van der Waals surface area contributed by atoms with Gasteiger partial charge < -0.3 is 4.74 Å². The van der Waals surface area contributed by atoms with Crippen LogP contribution in [-0.2, 0) is 9.53 Å². The predicted molar refractivity (Wildman–Crippen MR) is 64.1 cm³/mol. The van der Waals surface area contributed by atoms with Gasteiger partial charge in [-0.3, -0.25) is 4.79 Å². The summed E-state index contributed by atoms with van der Waals surface area (Å²) in [5.41, 5.74) is -0.145. The Balaban J connectivity index is 1.97. The monoisotopic (exact) mass is 222 g/mol. The van der Waals surface area contributed by atoms with Gasteiger partial charge in [-0.05, 0) is 31.6 Å². The summed E-state index contributed by atoms with van der Waals surface area (Å²) in [6, 6.07) is 0. The number of ketones is 1. The van der Waals surface area contributed by atoms with E-state index < -0.39 is 0 Å². The topological polar surface area (TPSA) is 26.3 Å². The highest BCUT2D eigenvalue weighted by atomic mass is 16.5. The van der Waals surface area contributed by atoms with Gasteiger partial charge in [0.05, 0.1) is 12.7 Å². The lowest BCUT2D eigenvalue weighted by atomic mass is 9.86. The molecular formula is C14H22O2. The molecule has 1 aliphatic carbocycles. The van der Waals surface area contributed by atoms with Crippen molar-refractivity contribution >= 4 is 5.78 Å². The molecule has 16 heavy (non-hydrogen) atoms. The molecule has 2 heteroatoms. The number of carbonyl (C=O) groups is 1. The Kier molecular flexibility index (Phi) is 3.67. The van der Waals surface area contributed by atoms with E-state index in [1.54, 1.807) is 12.3 Å². The Hall–Kier alpha value is -0.790. The van der Waals surface area contributed by atoms with Crippen molar-refractivity contribution < 1.29 is 9.53 Å². The van der Waals surface area contributed by atoms with Gasteiger partial charge in [-0.25, -0.2) is 0 Å². The lowest BCUT2D eigenvalue weighted by molar-refractivity contribution is -0.123. The van der Waals surface area contributed by atoms with Crippen LogP contribution in [0.5, 0.6) is 0 Å². The van der Waals surface area contributed by atoms with Crippen molar-refractivity contribution in [1.29, 1.82) is 0 Å². The fraction of sp³-hybridized carbons (Fsp3) is 0.786. The smallest absolute Gasteiger partial charge is 0.162 e. The summed E-state index contributed by atoms with van der Waals surface area (Å²) >= 11 is 0. The van der Waals surface area contributed by atoms with Gasteiger partial charge in [-0.1, -0.05) is 26.2 Å². The molecule has 2 nitrogen and oxygen atoms in total. The van der Waals surface area contributed by atoms with Crippen LogP contribution in [0.25, 0.3) is 0 Å². The fourth-order valence-corrected chi connectivity index (χ4v) is 3.11. The summed E-state index contributed by atoms with van der Waals surface area (Å²) < 4.78 is 5.78. The zero-order valence-electron chi connectivity index (χ0n) is 10.2. The summed E-state index contributed by atoms with van der Waals surface area (Å²) in [7, 11) is 0. The van der Waals surface area contributed by atoms with E-state index in [-0.39, 0.29) is 11.4 Å². The van der Waals surface area contributed by atoms with E-state index in [0.29, 0.717) is 6.42 Å². The maximum absolute atomic E-state index is 11.5. The normalized spacial score (nSPS) is 34.8. The summed E-state index contributed by atoms with van der Waals surface area (Å²) in [5.74, 6) is 1.09. The quantitative estimate of drug-likeness (QED) is 0.713. The molecule has 2 rings (SSSR count). The summed E-state index contributed by atoms with van der Waals surface area (Å²) in [5, 5.41) is 0. The summed E-state index contributed by atoms with van der Waals surface area (Å²) in [4.78, 5) is 11.5. The standard InChI is InChI=1S/C14H22O2/c1-2-4-12-5-3-8-14(9-6-12)11-13(15)7-10-16-14/h7,10,12H,2-6,8-9,11H2,1H3. The van der Waals surface area contributed by atoms with Crippen LogP contribution >= 0.6 is 0 Å². The second-order valence-corrected chi connectivity index (χ2v) is 5.33. The molecule has 1 saturated carbocycles. The maximum atomic E-state index is 11.5. The third kappa shape index (κ3) is 2.66. The van der Waals surface area contributed by atoms with Crippen LogP contribution in [0.4, 0.5) is 0 Å². The SMILES string of the molecule is CCCC1CCCC2(CC1)CC(=O)C=CO2. The summed E-state index contributed by atoms with van der Waals surface area (Å²) in [6.45, 7) is 2.25. The maximum Gasteiger partial charge on any atom is 0.162 e. The minimum atomic E-state index is -0.145. The zero-order chi connectivity index (χ0) is 11.4. The first-order valence-corrected chi connectivity index (χ1v) is 6.61. The highest BCUT2D eigenvalue weighted by molar-refractivity contribution is 5.90. The van der Waals surface area contributed by atoms with Gasteiger partial charge in [-0.2, -0.15) is 0 Å². The van der Waals surface area contributed by atoms with E-state index in [9.17, 15) is 4.79 Å². The van der Waals surface area contributed by atoms with Gasteiger partial charge in [0.15, 0.2) is 5.78 Å². The zero-order valence-corrected chi connectivity index (χ0v) is 10.2. The Morgan fingerprint density at radius 1 is 1.44 bits per heavy atom. The minimum absolute atomic E-state index is 0.145. The second kappa shape index (κ2) is 5.03. The van der Waals surface area contributed by atoms with Crippen molar-refractivity contribution in [3.05, 3.63) is 12.3 Å². The lowest BCUT2D eigenvalue weighted by Gasteiger charge is -2.33. The molecule has 0 bridgehead atoms. The summed E-state index contributed by atoms with van der Waals surface area (Å²) in [6.07, 6.45) is 12.3. The van der Waals surface area contributed by atoms with Crippen LogP contribution in [0.2, 0.25) is 0 Å². The van der Waals surface area contributed by atoms with Crippen LogP contribution < -0.4 is 0 Å². The van der Waals surface area contributed by atoms with Gasteiger partial charge in [0.25, 0.3) is 0 Å². The van der Waals surface area contributed by atoms with Crippen molar-refractivity contribution in [3.63, 3.8) is 0 Å². The molecular weight excluding hydrogens is 200 g/mol. The van der Waals surface area contributed by atoms with Gasteiger partial charge in [0.2, 0.25) is 0 Å². The highest BCUT2D eigenvalue weighted by Gasteiger charge is 2.37. The molecule has 2 aliphatic rings. The minimum Gasteiger partial charge on any atom is -0.494 e. The first kappa shape index (κ1) is 11.7. The molecule has 0 aromatic carbocycles. The van der Waals surface area contributed by atoms with Gasteiger partial charge in [0.1, 0.15) is 5.60 Å². The van der Waals surface area contributed by atoms with Crippen molar-refractivity contribution in [2.75, 3.05) is 0 Å². The molecule has 0 aromatic heterocycles. The number of ether oxygens (including phenoxy) is 1. The number of hydrogen-bond acceptors (Lipinski definition) is 2. The first-order valence-electron chi connectivity index (χ1n) is 6.61. The molecule has 0 N–H and O–H groups in total. The average molecular weight is 222 g/mol. The van der Waals surface area contributed by atoms with Crippen LogP contribution in [0.3, 0.4) is 0 Å². The predicted octanol–water partition coefficient (Wildman–Crippen LogP) is 3.61. The number of hydrogen-bond donors (Lipinski definition) is 0. The highest BCUT2D eigenvalue weighted by Crippen LogP contribution is 2.38. The Morgan fingerprint density at radius 3 is 3.06 bits per heavy atom. The van der Waals surface area contributed by atoms with Gasteiger partial charge in [-0.15, -0.1) is 0 Å². The van der Waals surface area contributed by atoms with Gasteiger partial charge in [0, 0.05) is 6.08 Å². The van der Waals surface area contributed by atoms with Crippen LogP contribution in [0.1, 0.15) is 58.3 Å². The number of carbonyl (C=O) groups excluding carboxylic acids is 1. The van der Waals surface area contributed by atoms with Crippen molar-refractivity contribution in [3.8, 4) is 0 Å². The first-order chi connectivity index (χ1) is 7.74. The lowest BCUT2D eigenvalue weighted by Crippen LogP contribution is -2.35. The molecule has 0 saturated heterocycles. The van der Waals surface area contributed by atoms with Crippen molar-refractivity contribution in [2.45, 2.75) is 63.9 Å². The number of rotatable bonds is 2. The molecule has 0 aromatic rings. The Labute approximate surface area is 98.1 Å². The molecule has 2 unspecified atom stereocenters. The van der Waals surface area contributed by atoms with Crippen LogP contribution in [0, 0.1) is 5.92 Å². The average Bonchev–Trinajstić information content (AvgIpc) is 2.43. The molecule has 2 atom stereocenters. The van der Waals surface area contributed by atoms with E-state index in [0.717, 1.165) is 18.8 Å². The van der Waals surface area contributed by atoms with E-state index in [4.69, 9.17) is 4.74 Å². The molecule has 1 fully saturated rings. The van der Waals surface area contributed by atoms with Crippen LogP contribution in [-0.4, -0.2) is 11.4 Å². The molecule has 0 amide bonds. The Bertz CT molecular complexity index is 282. The Morgan fingerprint density at radius 2 is 2.31 bits per heavy atom. The third-order valence-electron chi connectivity index (χ3n) is 4.02. The van der Waals surface area contributed by atoms with Gasteiger partial charge >= 0.3 is 0 Å². The largest absolute Gasteiger partial charge is 0.494 e. The van der Waals surface area contributed by atoms with Crippen molar-refractivity contribution in [1.82, 2.24) is 0 Å². The molecule has 1 aliphatic heterocycles. The van der Waals surface area contributed by atoms with E-state index >= 15 is 0 Å². The molecule has 90 valence electrons. The van der Waals surface area contributed by atoms with Crippen LogP contribution in [0.15, 0.2) is 12.3 Å². The van der Waals surface area contributed by atoms with Crippen molar-refractivity contribution in [2.24, 2.45) is 5.92 Å². The fourth-order valence-electron chi connectivity index (χ4n) is 3.11. The second-order valence-electron chi connectivity index (χ2n) is 5.33. The van der Waals surface area contributed by atoms with E-state index in [1.165, 1.54) is 32.1 Å². The third-order valence-corrected chi connectivity index (χ3v) is 4.02. The molecule has 1 spiro atoms. The van der Waals surface area contributed by atoms with E-state index in [2.05, 4.69) is 6.92 Å². The molecule has 1 heterocycles. The molecule has 0 radical (unpaired) electrons. The van der Waals surface area contributed by atoms with E-state index in [1.807, 2.05) is 0 Å². The number of allylic oxidation sites excluding steroid dienone is 1.